The molecule has 0 bridgehead atoms. The molecule has 0 heterocycles. The highest BCUT2D eigenvalue weighted by atomic mass is 35.5. The Morgan fingerprint density at radius 1 is 1.75 bits per heavy atom. The Hall–Kier alpha value is -0.300. The molecule has 1 unspecified atom stereocenters. The molecule has 1 aliphatic carbocycles. The van der Waals surface area contributed by atoms with E-state index in [0.717, 1.165) is 25.7 Å². The molecule has 0 amide bonds. The van der Waals surface area contributed by atoms with Crippen LogP contribution in [0.4, 0.5) is 0 Å². The topological polar surface area (TPSA) is 17.1 Å². The molecule has 0 aromatic carbocycles. The van der Waals surface area contributed by atoms with E-state index < -0.39 is 0 Å². The second-order valence-corrected chi connectivity index (χ2v) is 3.81. The molecule has 12 heavy (non-hydrogen) atoms. The summed E-state index contributed by atoms with van der Waals surface area (Å²) in [6, 6.07) is 0. The van der Waals surface area contributed by atoms with Crippen molar-refractivity contribution in [3.05, 3.63) is 11.6 Å². The molecule has 0 saturated heterocycles. The molecule has 1 rings (SSSR count). The molecule has 1 fully saturated rings. The number of ketones is 1. The number of halogens is 1. The van der Waals surface area contributed by atoms with Gasteiger partial charge in [-0.2, -0.15) is 0 Å². The van der Waals surface area contributed by atoms with Gasteiger partial charge in [0, 0.05) is 18.7 Å². The molecule has 1 saturated carbocycles. The van der Waals surface area contributed by atoms with E-state index in [1.807, 2.05) is 6.92 Å². The molecule has 0 aromatic heterocycles. The van der Waals surface area contributed by atoms with Crippen molar-refractivity contribution < 1.29 is 4.79 Å². The first-order valence-corrected chi connectivity index (χ1v) is 5.01. The van der Waals surface area contributed by atoms with Gasteiger partial charge in [-0.15, -0.1) is 11.6 Å². The normalized spacial score (nSPS) is 26.0. The molecule has 0 aliphatic heterocycles. The van der Waals surface area contributed by atoms with Gasteiger partial charge < -0.3 is 0 Å². The van der Waals surface area contributed by atoms with Gasteiger partial charge >= 0.3 is 0 Å². The minimum Gasteiger partial charge on any atom is -0.300 e. The minimum atomic E-state index is 0.407. The van der Waals surface area contributed by atoms with Gasteiger partial charge in [0.1, 0.15) is 5.78 Å². The maximum Gasteiger partial charge on any atom is 0.133 e. The second-order valence-electron chi connectivity index (χ2n) is 3.54. The first-order chi connectivity index (χ1) is 5.72. The van der Waals surface area contributed by atoms with Crippen LogP contribution in [0.2, 0.25) is 0 Å². The third-order valence-electron chi connectivity index (χ3n) is 2.25. The summed E-state index contributed by atoms with van der Waals surface area (Å²) < 4.78 is 0. The van der Waals surface area contributed by atoms with Crippen molar-refractivity contribution >= 4 is 17.4 Å². The van der Waals surface area contributed by atoms with Gasteiger partial charge in [0.15, 0.2) is 0 Å². The highest BCUT2D eigenvalue weighted by Gasteiger charge is 2.17. The van der Waals surface area contributed by atoms with E-state index in [4.69, 9.17) is 11.6 Å². The van der Waals surface area contributed by atoms with Crippen LogP contribution in [-0.2, 0) is 4.79 Å². The third-order valence-corrected chi connectivity index (χ3v) is 2.67. The zero-order valence-electron chi connectivity index (χ0n) is 7.48. The minimum absolute atomic E-state index is 0.407. The van der Waals surface area contributed by atoms with E-state index in [1.54, 1.807) is 0 Å². The highest BCUT2D eigenvalue weighted by Crippen LogP contribution is 2.23. The number of carbonyl (C=O) groups excluding carboxylic acids is 1. The monoisotopic (exact) mass is 186 g/mol. The standard InChI is InChI=1S/C10H15ClO/c1-8(7-11)5-9-3-2-4-10(12)6-9/h5,9H,2-4,6-7H2,1H3/b8-5+. The predicted molar refractivity (Wildman–Crippen MR) is 51.4 cm³/mol. The SMILES string of the molecule is C/C(=C\C1CCCC(=O)C1)CCl. The number of alkyl halides is 1. The van der Waals surface area contributed by atoms with Crippen LogP contribution >= 0.6 is 11.6 Å². The summed E-state index contributed by atoms with van der Waals surface area (Å²) in [7, 11) is 0. The predicted octanol–water partition coefficient (Wildman–Crippen LogP) is 2.93. The van der Waals surface area contributed by atoms with Gasteiger partial charge in [-0.1, -0.05) is 11.6 Å². The second kappa shape index (κ2) is 4.66. The largest absolute Gasteiger partial charge is 0.300 e. The van der Waals surface area contributed by atoms with Crippen molar-refractivity contribution in [3.63, 3.8) is 0 Å². The van der Waals surface area contributed by atoms with Gasteiger partial charge in [-0.3, -0.25) is 4.79 Å². The van der Waals surface area contributed by atoms with E-state index in [2.05, 4.69) is 6.08 Å². The molecular weight excluding hydrogens is 172 g/mol. The lowest BCUT2D eigenvalue weighted by molar-refractivity contribution is -0.121. The fourth-order valence-electron chi connectivity index (χ4n) is 1.65. The lowest BCUT2D eigenvalue weighted by Crippen LogP contribution is -2.13. The van der Waals surface area contributed by atoms with Crippen LogP contribution in [0.15, 0.2) is 11.6 Å². The Morgan fingerprint density at radius 3 is 3.08 bits per heavy atom. The van der Waals surface area contributed by atoms with Crippen LogP contribution in [0.25, 0.3) is 0 Å². The Bertz CT molecular complexity index is 196. The number of hydrogen-bond donors (Lipinski definition) is 0. The fourth-order valence-corrected chi connectivity index (χ4v) is 1.74. The van der Waals surface area contributed by atoms with Crippen molar-refractivity contribution in [1.29, 1.82) is 0 Å². The van der Waals surface area contributed by atoms with E-state index in [-0.39, 0.29) is 0 Å². The molecule has 1 aliphatic rings. The number of allylic oxidation sites excluding steroid dienone is 2. The quantitative estimate of drug-likeness (QED) is 0.479. The van der Waals surface area contributed by atoms with E-state index in [0.29, 0.717) is 17.6 Å². The van der Waals surface area contributed by atoms with Crippen molar-refractivity contribution in [2.75, 3.05) is 5.88 Å². The molecule has 2 heteroatoms. The fraction of sp³-hybridized carbons (Fsp3) is 0.700. The molecule has 0 spiro atoms. The van der Waals surface area contributed by atoms with E-state index in [9.17, 15) is 4.79 Å². The van der Waals surface area contributed by atoms with Gasteiger partial charge in [0.05, 0.1) is 0 Å². The zero-order chi connectivity index (χ0) is 8.97. The van der Waals surface area contributed by atoms with Crippen LogP contribution in [0, 0.1) is 5.92 Å². The summed E-state index contributed by atoms with van der Waals surface area (Å²) in [6.07, 6.45) is 5.87. The molecule has 1 nitrogen and oxygen atoms in total. The molecule has 0 N–H and O–H groups in total. The summed E-state index contributed by atoms with van der Waals surface area (Å²) in [5.74, 6) is 1.46. The average molecular weight is 187 g/mol. The van der Waals surface area contributed by atoms with Crippen LogP contribution in [0.1, 0.15) is 32.6 Å². The van der Waals surface area contributed by atoms with Gasteiger partial charge in [-0.05, 0) is 25.7 Å². The first kappa shape index (κ1) is 9.79. The summed E-state index contributed by atoms with van der Waals surface area (Å²) in [6.45, 7) is 2.02. The van der Waals surface area contributed by atoms with Crippen molar-refractivity contribution in [2.24, 2.45) is 5.92 Å². The number of hydrogen-bond acceptors (Lipinski definition) is 1. The number of rotatable bonds is 2. The van der Waals surface area contributed by atoms with Crippen LogP contribution < -0.4 is 0 Å². The van der Waals surface area contributed by atoms with Crippen molar-refractivity contribution in [2.45, 2.75) is 32.6 Å². The Balaban J connectivity index is 2.46. The third kappa shape index (κ3) is 2.98. The maximum absolute atomic E-state index is 11.1. The van der Waals surface area contributed by atoms with Gasteiger partial charge in [-0.25, -0.2) is 0 Å². The highest BCUT2D eigenvalue weighted by molar-refractivity contribution is 6.19. The summed E-state index contributed by atoms with van der Waals surface area (Å²) in [5, 5.41) is 0. The number of carbonyl (C=O) groups is 1. The van der Waals surface area contributed by atoms with Crippen LogP contribution in [0.5, 0.6) is 0 Å². The Morgan fingerprint density at radius 2 is 2.50 bits per heavy atom. The zero-order valence-corrected chi connectivity index (χ0v) is 8.23. The molecule has 0 aromatic rings. The molecule has 1 atom stereocenters. The van der Waals surface area contributed by atoms with Crippen molar-refractivity contribution in [1.82, 2.24) is 0 Å². The lowest BCUT2D eigenvalue weighted by Gasteiger charge is -2.17. The van der Waals surface area contributed by atoms with E-state index >= 15 is 0 Å². The summed E-state index contributed by atoms with van der Waals surface area (Å²) in [4.78, 5) is 11.1. The number of Topliss-reactive ketones (excluding diaryl/α,β-unsaturated/α-hetero) is 1. The maximum atomic E-state index is 11.1. The molecular formula is C10H15ClO. The smallest absolute Gasteiger partial charge is 0.133 e. The first-order valence-electron chi connectivity index (χ1n) is 4.47. The van der Waals surface area contributed by atoms with Gasteiger partial charge in [0.2, 0.25) is 0 Å². The summed E-state index contributed by atoms with van der Waals surface area (Å²) >= 11 is 5.65. The van der Waals surface area contributed by atoms with E-state index in [1.165, 1.54) is 5.57 Å². The van der Waals surface area contributed by atoms with Crippen molar-refractivity contribution in [3.8, 4) is 0 Å². The average Bonchev–Trinajstić information content (AvgIpc) is 2.04. The van der Waals surface area contributed by atoms with Crippen LogP contribution in [-0.4, -0.2) is 11.7 Å². The Kier molecular flexibility index (Phi) is 3.80. The Labute approximate surface area is 78.8 Å². The summed E-state index contributed by atoms with van der Waals surface area (Å²) in [5.41, 5.74) is 1.19. The molecule has 0 radical (unpaired) electrons. The lowest BCUT2D eigenvalue weighted by atomic mass is 9.87. The van der Waals surface area contributed by atoms with Crippen LogP contribution in [0.3, 0.4) is 0 Å². The molecule has 68 valence electrons. The van der Waals surface area contributed by atoms with Gasteiger partial charge in [0.25, 0.3) is 0 Å².